The highest BCUT2D eigenvalue weighted by Crippen LogP contribution is 2.29. The molecule has 4 rings (SSSR count). The molecule has 1 N–H and O–H groups in total. The van der Waals surface area contributed by atoms with Gasteiger partial charge in [0.1, 0.15) is 17.4 Å². The number of nitrogens with zero attached hydrogens (tertiary/aromatic N) is 3. The van der Waals surface area contributed by atoms with Crippen molar-refractivity contribution >= 4 is 35.0 Å². The van der Waals surface area contributed by atoms with Gasteiger partial charge in [-0.15, -0.1) is 10.2 Å². The molecule has 0 atom stereocenters. The molecule has 1 heterocycles. The zero-order chi connectivity index (χ0) is 23.4. The number of hydrogen-bond donors (Lipinski definition) is 1. The number of ether oxygens (including phenoxy) is 1. The second-order valence-corrected chi connectivity index (χ2v) is 8.19. The van der Waals surface area contributed by atoms with Crippen LogP contribution in [0, 0.1) is 11.6 Å². The molecule has 1 aromatic heterocycles. The minimum absolute atomic E-state index is 0.0643. The van der Waals surface area contributed by atoms with E-state index in [0.29, 0.717) is 27.8 Å². The molecule has 0 spiro atoms. The van der Waals surface area contributed by atoms with Gasteiger partial charge in [0, 0.05) is 22.3 Å². The number of methoxy groups -OCH3 is 1. The quantitative estimate of drug-likeness (QED) is 0.344. The number of halogens is 3. The van der Waals surface area contributed by atoms with Crippen LogP contribution in [0.4, 0.5) is 14.5 Å². The Morgan fingerprint density at radius 2 is 1.79 bits per heavy atom. The number of anilines is 1. The number of carbonyl (C=O) groups is 1. The van der Waals surface area contributed by atoms with Crippen LogP contribution in [-0.4, -0.2) is 33.5 Å². The van der Waals surface area contributed by atoms with Crippen LogP contribution in [0.25, 0.3) is 17.1 Å². The lowest BCUT2D eigenvalue weighted by Gasteiger charge is -2.11. The summed E-state index contributed by atoms with van der Waals surface area (Å²) in [6, 6.07) is 17.4. The lowest BCUT2D eigenvalue weighted by molar-refractivity contribution is -0.113. The van der Waals surface area contributed by atoms with Gasteiger partial charge in [-0.2, -0.15) is 0 Å². The van der Waals surface area contributed by atoms with Crippen LogP contribution >= 0.6 is 23.4 Å². The molecule has 0 bridgehead atoms. The molecule has 10 heteroatoms. The maximum Gasteiger partial charge on any atom is 0.234 e. The van der Waals surface area contributed by atoms with E-state index in [1.54, 1.807) is 23.8 Å². The minimum atomic E-state index is -0.848. The molecule has 168 valence electrons. The van der Waals surface area contributed by atoms with Gasteiger partial charge in [-0.05, 0) is 60.7 Å². The van der Waals surface area contributed by atoms with Crippen LogP contribution in [0.15, 0.2) is 71.9 Å². The smallest absolute Gasteiger partial charge is 0.234 e. The molecule has 0 saturated heterocycles. The third-order valence-corrected chi connectivity index (χ3v) is 5.78. The van der Waals surface area contributed by atoms with Crippen molar-refractivity contribution in [3.05, 3.63) is 83.4 Å². The summed E-state index contributed by atoms with van der Waals surface area (Å²) in [5.41, 5.74) is 1.45. The van der Waals surface area contributed by atoms with Gasteiger partial charge in [0.05, 0.1) is 18.6 Å². The number of aromatic nitrogens is 3. The predicted octanol–water partition coefficient (Wildman–Crippen LogP) is 5.61. The van der Waals surface area contributed by atoms with Crippen LogP contribution in [0.2, 0.25) is 5.02 Å². The van der Waals surface area contributed by atoms with E-state index in [1.165, 1.54) is 6.07 Å². The molecule has 4 aromatic rings. The molecule has 0 saturated carbocycles. The van der Waals surface area contributed by atoms with Gasteiger partial charge in [0.2, 0.25) is 5.91 Å². The standard InChI is InChI=1S/C23H17ClF2N4O2S/c1-32-18-9-2-14(3-10-18)22-28-29-23(30(22)17-7-4-15(24)5-8-17)33-13-21(31)27-20-11-6-16(25)12-19(20)26/h2-12H,13H2,1H3,(H,27,31). The maximum atomic E-state index is 13.8. The molecule has 0 unspecified atom stereocenters. The summed E-state index contributed by atoms with van der Waals surface area (Å²) >= 11 is 7.17. The molecular weight excluding hydrogens is 470 g/mol. The molecule has 6 nitrogen and oxygen atoms in total. The van der Waals surface area contributed by atoms with Gasteiger partial charge >= 0.3 is 0 Å². The van der Waals surface area contributed by atoms with Crippen LogP contribution in [-0.2, 0) is 4.79 Å². The minimum Gasteiger partial charge on any atom is -0.497 e. The zero-order valence-corrected chi connectivity index (χ0v) is 18.8. The number of thioether (sulfide) groups is 1. The van der Waals surface area contributed by atoms with Crippen molar-refractivity contribution in [3.8, 4) is 22.8 Å². The number of benzene rings is 3. The lowest BCUT2D eigenvalue weighted by Crippen LogP contribution is -2.15. The molecule has 0 aliphatic rings. The largest absolute Gasteiger partial charge is 0.497 e. The summed E-state index contributed by atoms with van der Waals surface area (Å²) in [4.78, 5) is 12.4. The first kappa shape index (κ1) is 22.8. The number of carbonyl (C=O) groups excluding carboxylic acids is 1. The van der Waals surface area contributed by atoms with E-state index in [0.717, 1.165) is 29.1 Å². The monoisotopic (exact) mass is 486 g/mol. The highest BCUT2D eigenvalue weighted by atomic mass is 35.5. The van der Waals surface area contributed by atoms with Gasteiger partial charge in [0.25, 0.3) is 0 Å². The van der Waals surface area contributed by atoms with Gasteiger partial charge in [0.15, 0.2) is 11.0 Å². The van der Waals surface area contributed by atoms with E-state index in [9.17, 15) is 13.6 Å². The Morgan fingerprint density at radius 1 is 1.06 bits per heavy atom. The van der Waals surface area contributed by atoms with Crippen LogP contribution in [0.3, 0.4) is 0 Å². The first-order chi connectivity index (χ1) is 15.9. The topological polar surface area (TPSA) is 69.0 Å². The Kier molecular flexibility index (Phi) is 6.90. The summed E-state index contributed by atoms with van der Waals surface area (Å²) < 4.78 is 33.9. The first-order valence-electron chi connectivity index (χ1n) is 9.68. The molecule has 0 fully saturated rings. The Balaban J connectivity index is 1.60. The number of nitrogens with one attached hydrogen (secondary N) is 1. The zero-order valence-electron chi connectivity index (χ0n) is 17.3. The molecular formula is C23H17ClF2N4O2S. The third kappa shape index (κ3) is 5.32. The predicted molar refractivity (Wildman–Crippen MR) is 124 cm³/mol. The van der Waals surface area contributed by atoms with Gasteiger partial charge in [-0.1, -0.05) is 23.4 Å². The van der Waals surface area contributed by atoms with E-state index in [2.05, 4.69) is 15.5 Å². The number of amides is 1. The summed E-state index contributed by atoms with van der Waals surface area (Å²) in [5.74, 6) is -0.836. The van der Waals surface area contributed by atoms with Crippen LogP contribution in [0.5, 0.6) is 5.75 Å². The van der Waals surface area contributed by atoms with Crippen molar-refractivity contribution in [2.24, 2.45) is 0 Å². The van der Waals surface area contributed by atoms with Gasteiger partial charge in [-0.25, -0.2) is 8.78 Å². The molecule has 1 amide bonds. The number of rotatable bonds is 7. The molecule has 3 aromatic carbocycles. The molecule has 0 aliphatic heterocycles. The summed E-state index contributed by atoms with van der Waals surface area (Å²) in [6.45, 7) is 0. The van der Waals surface area contributed by atoms with Gasteiger partial charge < -0.3 is 10.1 Å². The van der Waals surface area contributed by atoms with E-state index in [-0.39, 0.29) is 11.4 Å². The summed E-state index contributed by atoms with van der Waals surface area (Å²) in [5, 5.41) is 12.0. The Labute approximate surface area is 197 Å². The van der Waals surface area contributed by atoms with Crippen molar-refractivity contribution in [1.29, 1.82) is 0 Å². The SMILES string of the molecule is COc1ccc(-c2nnc(SCC(=O)Nc3ccc(F)cc3F)n2-c2ccc(Cl)cc2)cc1. The average Bonchev–Trinajstić information content (AvgIpc) is 3.24. The fourth-order valence-corrected chi connectivity index (χ4v) is 3.90. The van der Waals surface area contributed by atoms with E-state index >= 15 is 0 Å². The fourth-order valence-electron chi connectivity index (χ4n) is 3.02. The summed E-state index contributed by atoms with van der Waals surface area (Å²) in [6.07, 6.45) is 0. The van der Waals surface area contributed by atoms with E-state index in [1.807, 2.05) is 36.4 Å². The van der Waals surface area contributed by atoms with E-state index in [4.69, 9.17) is 16.3 Å². The van der Waals surface area contributed by atoms with Crippen LogP contribution in [0.1, 0.15) is 0 Å². The van der Waals surface area contributed by atoms with Crippen LogP contribution < -0.4 is 10.1 Å². The number of hydrogen-bond acceptors (Lipinski definition) is 5. The average molecular weight is 487 g/mol. The van der Waals surface area contributed by atoms with Crippen molar-refractivity contribution in [2.75, 3.05) is 18.2 Å². The fraction of sp³-hybridized carbons (Fsp3) is 0.0870. The summed E-state index contributed by atoms with van der Waals surface area (Å²) in [7, 11) is 1.59. The molecule has 0 radical (unpaired) electrons. The molecule has 33 heavy (non-hydrogen) atoms. The van der Waals surface area contributed by atoms with Gasteiger partial charge in [-0.3, -0.25) is 9.36 Å². The Hall–Kier alpha value is -3.43. The normalized spacial score (nSPS) is 10.8. The highest BCUT2D eigenvalue weighted by molar-refractivity contribution is 7.99. The first-order valence-corrected chi connectivity index (χ1v) is 11.0. The van der Waals surface area contributed by atoms with Crippen molar-refractivity contribution in [2.45, 2.75) is 5.16 Å². The molecule has 0 aliphatic carbocycles. The van der Waals surface area contributed by atoms with Crippen molar-refractivity contribution in [3.63, 3.8) is 0 Å². The van der Waals surface area contributed by atoms with Crippen molar-refractivity contribution < 1.29 is 18.3 Å². The van der Waals surface area contributed by atoms with E-state index < -0.39 is 17.5 Å². The lowest BCUT2D eigenvalue weighted by atomic mass is 10.2. The second kappa shape index (κ2) is 10.0. The Morgan fingerprint density at radius 3 is 2.45 bits per heavy atom. The second-order valence-electron chi connectivity index (χ2n) is 6.81. The van der Waals surface area contributed by atoms with Crippen molar-refractivity contribution in [1.82, 2.24) is 14.8 Å². The third-order valence-electron chi connectivity index (χ3n) is 4.60. The highest BCUT2D eigenvalue weighted by Gasteiger charge is 2.18. The maximum absolute atomic E-state index is 13.8. The Bertz CT molecular complexity index is 1280.